The van der Waals surface area contributed by atoms with E-state index in [0.717, 1.165) is 58.2 Å². The van der Waals surface area contributed by atoms with Crippen LogP contribution < -0.4 is 14.8 Å². The molecule has 13 heteroatoms. The molecule has 0 unspecified atom stereocenters. The average molecular weight is 797 g/mol. The Balaban J connectivity index is 0.000000224. The van der Waals surface area contributed by atoms with Crippen LogP contribution in [0.3, 0.4) is 0 Å². The predicted octanol–water partition coefficient (Wildman–Crippen LogP) is 11.3. The van der Waals surface area contributed by atoms with Crippen LogP contribution in [-0.4, -0.2) is 4.98 Å². The molecule has 0 fully saturated rings. The molecule has 0 atom stereocenters. The van der Waals surface area contributed by atoms with Crippen LogP contribution in [0, 0.1) is 0 Å². The summed E-state index contributed by atoms with van der Waals surface area (Å²) in [5, 5.41) is 2.32. The first-order valence-corrected chi connectivity index (χ1v) is 19.8. The third-order valence-corrected chi connectivity index (χ3v) is 8.03. The number of pyridine rings is 1. The van der Waals surface area contributed by atoms with E-state index in [9.17, 15) is 25.2 Å². The quantitative estimate of drug-likeness (QED) is 0.142. The van der Waals surface area contributed by atoms with Crippen LogP contribution in [0.4, 0.5) is 25.2 Å². The van der Waals surface area contributed by atoms with Crippen molar-refractivity contribution in [2.24, 2.45) is 0 Å². The number of benzene rings is 5. The Morgan fingerprint density at radius 1 is 0.411 bits per heavy atom. The van der Waals surface area contributed by atoms with E-state index in [1.165, 1.54) is 11.1 Å². The van der Waals surface area contributed by atoms with Gasteiger partial charge in [-0.1, -0.05) is 115 Å². The van der Waals surface area contributed by atoms with Crippen molar-refractivity contribution in [3.8, 4) is 11.5 Å². The van der Waals surface area contributed by atoms with Gasteiger partial charge in [-0.05, 0) is 58.7 Å². The maximum absolute atomic E-state index is 10.7. The molecule has 0 saturated carbocycles. The summed E-state index contributed by atoms with van der Waals surface area (Å²) >= 11 is 0. The van der Waals surface area contributed by atoms with Crippen molar-refractivity contribution in [3.63, 3.8) is 0 Å². The third-order valence-electron chi connectivity index (χ3n) is 8.03. The molecule has 296 valence electrons. The smallest absolute Gasteiger partial charge is 0.119 e. The first-order chi connectivity index (χ1) is 26.7. The van der Waals surface area contributed by atoms with E-state index >= 15 is 0 Å². The Morgan fingerprint density at radius 2 is 0.750 bits per heavy atom. The zero-order valence-electron chi connectivity index (χ0n) is 30.5. The molecule has 0 spiro atoms. The summed E-state index contributed by atoms with van der Waals surface area (Å²) in [5.41, 5.74) is 8.95. The van der Waals surface area contributed by atoms with Crippen LogP contribution in [0.25, 0.3) is 0 Å². The maximum Gasteiger partial charge on any atom is 0.119 e. The van der Waals surface area contributed by atoms with Gasteiger partial charge in [-0.3, -0.25) is 4.98 Å². The van der Waals surface area contributed by atoms with Crippen LogP contribution in [0.15, 0.2) is 152 Å². The van der Waals surface area contributed by atoms with Crippen LogP contribution in [0.2, 0.25) is 0 Å². The molecule has 6 nitrogen and oxygen atoms in total. The van der Waals surface area contributed by atoms with E-state index in [1.807, 2.05) is 66.7 Å². The molecule has 5 aliphatic heterocycles. The topological polar surface area (TPSA) is 66.4 Å². The number of fused-ring (bicyclic) bond motifs is 1. The van der Waals surface area contributed by atoms with Crippen molar-refractivity contribution in [3.05, 3.63) is 196 Å². The fourth-order valence-electron chi connectivity index (χ4n) is 5.30. The minimum Gasteiger partial charge on any atom is -0.489 e. The number of nitrogens with zero attached hydrogens (tertiary/aromatic N) is 1. The van der Waals surface area contributed by atoms with Crippen molar-refractivity contribution < 1.29 is 49.4 Å². The molecule has 5 aromatic carbocycles. The summed E-state index contributed by atoms with van der Waals surface area (Å²) in [6.07, 6.45) is 0. The minimum atomic E-state index is -10.7. The molecule has 5 aliphatic rings. The van der Waals surface area contributed by atoms with Gasteiger partial charge >= 0.3 is 33.0 Å². The molecule has 0 aliphatic carbocycles. The molecule has 0 radical (unpaired) electrons. The summed E-state index contributed by atoms with van der Waals surface area (Å²) in [6, 6.07) is 51.4. The average Bonchev–Trinajstić information content (AvgIpc) is 3.18. The first-order valence-electron chi connectivity index (χ1n) is 17.8. The second kappa shape index (κ2) is 19.1. The first kappa shape index (κ1) is 41.9. The van der Waals surface area contributed by atoms with Crippen molar-refractivity contribution in [2.75, 3.05) is 0 Å². The van der Waals surface area contributed by atoms with Crippen LogP contribution >= 0.6 is 7.81 Å². The number of hydrogen-bond donors (Lipinski definition) is 1. The second-order valence-corrected chi connectivity index (χ2v) is 14.8. The summed E-state index contributed by atoms with van der Waals surface area (Å²) in [5.74, 6) is 1.67. The van der Waals surface area contributed by atoms with Gasteiger partial charge in [0.2, 0.25) is 0 Å². The van der Waals surface area contributed by atoms with Gasteiger partial charge < -0.3 is 24.3 Å². The zero-order chi connectivity index (χ0) is 39.8. The molecular formula is C43H43F6N2O4P. The number of aromatic nitrogens is 1. The summed E-state index contributed by atoms with van der Waals surface area (Å²) in [4.78, 5) is 4.65. The van der Waals surface area contributed by atoms with Gasteiger partial charge in [0.15, 0.2) is 0 Å². The third kappa shape index (κ3) is 17.9. The second-order valence-electron chi connectivity index (χ2n) is 12.9. The number of nitrogens with two attached hydrogens (primary N) is 1. The molecule has 11 rings (SSSR count). The van der Waals surface area contributed by atoms with Crippen LogP contribution in [0.1, 0.15) is 44.8 Å². The van der Waals surface area contributed by atoms with E-state index in [4.69, 9.17) is 18.9 Å². The SMILES string of the molecule is F[P-](F)(F)(F)(F)F.c1cc2nc(c1)COCc1ccc(cc1)OCc1ccc(cc1)COc1ccc(cc1)COC2.c1ccc(C[NH2+]Cc2ccccc2)cc1. The van der Waals surface area contributed by atoms with Gasteiger partial charge in [0.05, 0.1) is 37.8 Å². The van der Waals surface area contributed by atoms with Gasteiger partial charge in [-0.2, -0.15) is 0 Å². The van der Waals surface area contributed by atoms with Gasteiger partial charge in [0, 0.05) is 11.1 Å². The molecule has 6 heterocycles. The zero-order valence-corrected chi connectivity index (χ0v) is 31.4. The Labute approximate surface area is 322 Å². The monoisotopic (exact) mass is 796 g/mol. The van der Waals surface area contributed by atoms with Crippen molar-refractivity contribution in [2.45, 2.75) is 52.7 Å². The van der Waals surface area contributed by atoms with Gasteiger partial charge in [-0.15, -0.1) is 0 Å². The number of ether oxygens (including phenoxy) is 4. The van der Waals surface area contributed by atoms with Crippen molar-refractivity contribution in [1.82, 2.24) is 4.98 Å². The largest absolute Gasteiger partial charge is 0.489 e. The molecular weight excluding hydrogens is 753 g/mol. The molecule has 0 amide bonds. The van der Waals surface area contributed by atoms with Gasteiger partial charge in [-0.25, -0.2) is 0 Å². The molecule has 2 N–H and O–H groups in total. The molecule has 1 aromatic heterocycles. The van der Waals surface area contributed by atoms with E-state index in [-0.39, 0.29) is 0 Å². The van der Waals surface area contributed by atoms with Crippen LogP contribution in [-0.2, 0) is 62.2 Å². The van der Waals surface area contributed by atoms with E-state index in [0.29, 0.717) is 39.6 Å². The Bertz CT molecular complexity index is 1920. The van der Waals surface area contributed by atoms with E-state index < -0.39 is 7.81 Å². The normalized spacial score (nSPS) is 14.5. The van der Waals surface area contributed by atoms with Crippen LogP contribution in [0.5, 0.6) is 11.5 Å². The van der Waals surface area contributed by atoms with E-state index in [2.05, 4.69) is 95.2 Å². The van der Waals surface area contributed by atoms with E-state index in [1.54, 1.807) is 0 Å². The standard InChI is InChI=1S/C29H27NO4.C14H15N.F6P/c1-2-26-20-31-16-22-8-12-28(13-9-22)33-18-24-4-6-25(7-5-24)19-34-29-14-10-23(11-15-29)17-32-21-27(3-1)30-26;1-3-7-13(8-4-1)11-15-12-14-9-5-2-6-10-14;1-7(2,3,4,5)6/h1-15H,16-21H2;1-10,15H,11-12H2;/q;;-1/p+1. The Kier molecular flexibility index (Phi) is 14.3. The summed E-state index contributed by atoms with van der Waals surface area (Å²) in [6.45, 7) is 5.06. The predicted molar refractivity (Wildman–Crippen MR) is 205 cm³/mol. The van der Waals surface area contributed by atoms with Crippen molar-refractivity contribution in [1.29, 1.82) is 0 Å². The number of hydrogen-bond acceptors (Lipinski definition) is 5. The molecule has 6 aromatic rings. The summed E-state index contributed by atoms with van der Waals surface area (Å²) < 4.78 is 82.8. The number of rotatable bonds is 4. The molecule has 8 bridgehead atoms. The Morgan fingerprint density at radius 3 is 1.12 bits per heavy atom. The van der Waals surface area contributed by atoms with Gasteiger partial charge in [0.25, 0.3) is 0 Å². The summed E-state index contributed by atoms with van der Waals surface area (Å²) in [7, 11) is -10.7. The minimum absolute atomic E-state index is 0.448. The molecule has 0 saturated heterocycles. The maximum atomic E-state index is 9.87. The van der Waals surface area contributed by atoms with Crippen molar-refractivity contribution >= 4 is 7.81 Å². The number of halogens is 6. The molecule has 56 heavy (non-hydrogen) atoms. The Hall–Kier alpha value is -5.26. The van der Waals surface area contributed by atoms with Gasteiger partial charge in [0.1, 0.15) is 37.8 Å². The fraction of sp³-hybridized carbons (Fsp3) is 0.186. The number of quaternary nitrogens is 1. The fourth-order valence-corrected chi connectivity index (χ4v) is 5.30.